The van der Waals surface area contributed by atoms with Gasteiger partial charge in [0, 0.05) is 22.6 Å². The normalized spacial score (nSPS) is 32.9. The summed E-state index contributed by atoms with van der Waals surface area (Å²) in [7, 11) is 0. The summed E-state index contributed by atoms with van der Waals surface area (Å²) >= 11 is 0. The van der Waals surface area contributed by atoms with E-state index in [1.165, 1.54) is 35.0 Å². The smallest absolute Gasteiger partial charge is 0.0727 e. The first-order chi connectivity index (χ1) is 9.74. The maximum atomic E-state index is 10.6. The predicted octanol–water partition coefficient (Wildman–Crippen LogP) is 2.47. The lowest BCUT2D eigenvalue weighted by Crippen LogP contribution is -2.58. The van der Waals surface area contributed by atoms with E-state index in [1.54, 1.807) is 0 Å². The average molecular weight is 270 g/mol. The second-order valence-corrected chi connectivity index (χ2v) is 6.41. The zero-order valence-corrected chi connectivity index (χ0v) is 12.0. The number of aryl methyl sites for hydroxylation is 1. The maximum absolute atomic E-state index is 10.6. The number of para-hydroxylation sites is 1. The number of H-pyrrole nitrogens is 1. The van der Waals surface area contributed by atoms with Crippen molar-refractivity contribution in [3.05, 3.63) is 35.5 Å². The highest BCUT2D eigenvalue weighted by atomic mass is 16.3. The molecular formula is C17H22N2O. The van der Waals surface area contributed by atoms with Gasteiger partial charge < -0.3 is 10.1 Å². The van der Waals surface area contributed by atoms with Gasteiger partial charge in [0.2, 0.25) is 0 Å². The van der Waals surface area contributed by atoms with Crippen LogP contribution in [-0.4, -0.2) is 40.2 Å². The highest BCUT2D eigenvalue weighted by Gasteiger charge is 2.41. The standard InChI is InChI=1S/C17H22N2O/c1-11-14(13-4-2-3-5-15(13)18-11)10-16-17(20)12-6-8-19(16)9-7-12/h2-5,12,16-18,20H,6-10H2,1H3. The molecule has 2 N–H and O–H groups in total. The number of benzene rings is 1. The van der Waals surface area contributed by atoms with Crippen LogP contribution in [0.1, 0.15) is 24.1 Å². The summed E-state index contributed by atoms with van der Waals surface area (Å²) < 4.78 is 0. The van der Waals surface area contributed by atoms with E-state index in [1.807, 2.05) is 0 Å². The van der Waals surface area contributed by atoms with E-state index in [-0.39, 0.29) is 6.10 Å². The molecule has 2 unspecified atom stereocenters. The van der Waals surface area contributed by atoms with Gasteiger partial charge in [-0.25, -0.2) is 0 Å². The molecule has 5 rings (SSSR count). The first-order valence-corrected chi connectivity index (χ1v) is 7.72. The van der Waals surface area contributed by atoms with Crippen molar-refractivity contribution in [2.75, 3.05) is 13.1 Å². The molecule has 3 aliphatic heterocycles. The third-order valence-electron chi connectivity index (χ3n) is 5.36. The molecule has 0 radical (unpaired) electrons. The predicted molar refractivity (Wildman–Crippen MR) is 80.8 cm³/mol. The summed E-state index contributed by atoms with van der Waals surface area (Å²) in [5.41, 5.74) is 3.85. The summed E-state index contributed by atoms with van der Waals surface area (Å²) in [6.45, 7) is 4.47. The SMILES string of the molecule is Cc1[nH]c2ccccc2c1CC1C(O)C2CCN1CC2. The van der Waals surface area contributed by atoms with Crippen LogP contribution in [-0.2, 0) is 6.42 Å². The Morgan fingerprint density at radius 1 is 1.25 bits per heavy atom. The van der Waals surface area contributed by atoms with Crippen molar-refractivity contribution in [2.24, 2.45) is 5.92 Å². The van der Waals surface area contributed by atoms with Crippen molar-refractivity contribution in [1.82, 2.24) is 9.88 Å². The third-order valence-corrected chi connectivity index (χ3v) is 5.36. The highest BCUT2D eigenvalue weighted by molar-refractivity contribution is 5.84. The van der Waals surface area contributed by atoms with Crippen LogP contribution in [0.25, 0.3) is 10.9 Å². The van der Waals surface area contributed by atoms with Crippen LogP contribution in [0.4, 0.5) is 0 Å². The van der Waals surface area contributed by atoms with Gasteiger partial charge in [0.1, 0.15) is 0 Å². The Morgan fingerprint density at radius 2 is 2.00 bits per heavy atom. The Balaban J connectivity index is 1.69. The van der Waals surface area contributed by atoms with Crippen LogP contribution in [0.15, 0.2) is 24.3 Å². The van der Waals surface area contributed by atoms with Crippen molar-refractivity contribution in [3.8, 4) is 0 Å². The minimum atomic E-state index is -0.148. The number of aliphatic hydroxyl groups is 1. The maximum Gasteiger partial charge on any atom is 0.0727 e. The summed E-state index contributed by atoms with van der Waals surface area (Å²) in [6, 6.07) is 8.80. The molecule has 2 bridgehead atoms. The fourth-order valence-corrected chi connectivity index (χ4v) is 4.18. The van der Waals surface area contributed by atoms with E-state index in [4.69, 9.17) is 0 Å². The number of hydrogen-bond acceptors (Lipinski definition) is 2. The molecule has 2 aromatic rings. The van der Waals surface area contributed by atoms with E-state index in [9.17, 15) is 5.11 Å². The largest absolute Gasteiger partial charge is 0.391 e. The topological polar surface area (TPSA) is 39.3 Å². The number of piperidine rings is 3. The number of nitrogens with one attached hydrogen (secondary N) is 1. The molecule has 0 saturated carbocycles. The number of aromatic nitrogens is 1. The van der Waals surface area contributed by atoms with Crippen molar-refractivity contribution in [2.45, 2.75) is 38.3 Å². The van der Waals surface area contributed by atoms with Crippen molar-refractivity contribution in [3.63, 3.8) is 0 Å². The Labute approximate surface area is 119 Å². The molecule has 20 heavy (non-hydrogen) atoms. The molecule has 0 aliphatic carbocycles. The summed E-state index contributed by atoms with van der Waals surface area (Å²) in [6.07, 6.45) is 3.16. The first-order valence-electron chi connectivity index (χ1n) is 7.72. The van der Waals surface area contributed by atoms with Gasteiger partial charge in [-0.2, -0.15) is 0 Å². The molecule has 1 aromatic heterocycles. The lowest BCUT2D eigenvalue weighted by Gasteiger charge is -2.49. The zero-order valence-electron chi connectivity index (χ0n) is 12.0. The molecule has 2 atom stereocenters. The van der Waals surface area contributed by atoms with Gasteiger partial charge in [0.15, 0.2) is 0 Å². The lowest BCUT2D eigenvalue weighted by molar-refractivity contribution is -0.0714. The highest BCUT2D eigenvalue weighted by Crippen LogP contribution is 2.35. The second-order valence-electron chi connectivity index (χ2n) is 6.41. The zero-order chi connectivity index (χ0) is 13.7. The minimum Gasteiger partial charge on any atom is -0.391 e. The molecule has 3 nitrogen and oxygen atoms in total. The van der Waals surface area contributed by atoms with E-state index < -0.39 is 0 Å². The molecule has 3 saturated heterocycles. The second kappa shape index (κ2) is 4.61. The van der Waals surface area contributed by atoms with Crippen LogP contribution in [0.3, 0.4) is 0 Å². The van der Waals surface area contributed by atoms with Crippen molar-refractivity contribution in [1.29, 1.82) is 0 Å². The fourth-order valence-electron chi connectivity index (χ4n) is 4.18. The Morgan fingerprint density at radius 3 is 2.75 bits per heavy atom. The summed E-state index contributed by atoms with van der Waals surface area (Å²) in [5, 5.41) is 11.9. The van der Waals surface area contributed by atoms with Gasteiger partial charge in [-0.3, -0.25) is 4.90 Å². The van der Waals surface area contributed by atoms with Crippen LogP contribution in [0.2, 0.25) is 0 Å². The van der Waals surface area contributed by atoms with Gasteiger partial charge >= 0.3 is 0 Å². The molecule has 3 fully saturated rings. The van der Waals surface area contributed by atoms with E-state index in [2.05, 4.69) is 41.1 Å². The summed E-state index contributed by atoms with van der Waals surface area (Å²) in [4.78, 5) is 5.97. The average Bonchev–Trinajstić information content (AvgIpc) is 2.79. The van der Waals surface area contributed by atoms with E-state index in [0.29, 0.717) is 12.0 Å². The number of nitrogens with zero attached hydrogens (tertiary/aromatic N) is 1. The van der Waals surface area contributed by atoms with Crippen LogP contribution >= 0.6 is 0 Å². The van der Waals surface area contributed by atoms with Crippen LogP contribution < -0.4 is 0 Å². The molecular weight excluding hydrogens is 248 g/mol. The number of rotatable bonds is 2. The van der Waals surface area contributed by atoms with Gasteiger partial charge in [-0.05, 0) is 56.8 Å². The lowest BCUT2D eigenvalue weighted by atomic mass is 9.78. The molecule has 3 heteroatoms. The third kappa shape index (κ3) is 1.80. The van der Waals surface area contributed by atoms with E-state index in [0.717, 1.165) is 19.5 Å². The van der Waals surface area contributed by atoms with Crippen molar-refractivity contribution < 1.29 is 5.11 Å². The quantitative estimate of drug-likeness (QED) is 0.880. The number of aliphatic hydroxyl groups excluding tert-OH is 1. The molecule has 0 spiro atoms. The summed E-state index contributed by atoms with van der Waals surface area (Å²) in [5.74, 6) is 0.524. The van der Waals surface area contributed by atoms with Crippen LogP contribution in [0.5, 0.6) is 0 Å². The van der Waals surface area contributed by atoms with E-state index >= 15 is 0 Å². The molecule has 4 heterocycles. The molecule has 1 aromatic carbocycles. The number of aromatic amines is 1. The Kier molecular flexibility index (Phi) is 2.86. The molecule has 3 aliphatic rings. The Hall–Kier alpha value is -1.32. The van der Waals surface area contributed by atoms with Gasteiger partial charge in [0.05, 0.1) is 6.10 Å². The Bertz CT molecular complexity index is 623. The van der Waals surface area contributed by atoms with Gasteiger partial charge in [0.25, 0.3) is 0 Å². The van der Waals surface area contributed by atoms with Crippen LogP contribution in [0, 0.1) is 12.8 Å². The van der Waals surface area contributed by atoms with Gasteiger partial charge in [-0.15, -0.1) is 0 Å². The molecule has 106 valence electrons. The first kappa shape index (κ1) is 12.4. The fraction of sp³-hybridized carbons (Fsp3) is 0.529. The number of fused-ring (bicyclic) bond motifs is 4. The molecule has 0 amide bonds. The monoisotopic (exact) mass is 270 g/mol. The number of hydrogen-bond donors (Lipinski definition) is 2. The van der Waals surface area contributed by atoms with Crippen molar-refractivity contribution >= 4 is 10.9 Å². The van der Waals surface area contributed by atoms with Gasteiger partial charge in [-0.1, -0.05) is 18.2 Å². The minimum absolute atomic E-state index is 0.148.